The zero-order valence-corrected chi connectivity index (χ0v) is 12.1. The van der Waals surface area contributed by atoms with Crippen molar-refractivity contribution in [2.75, 3.05) is 19.6 Å². The highest BCUT2D eigenvalue weighted by Crippen LogP contribution is 2.29. The third-order valence-corrected chi connectivity index (χ3v) is 3.12. The zero-order chi connectivity index (χ0) is 13.3. The predicted octanol–water partition coefficient (Wildman–Crippen LogP) is 2.82. The van der Waals surface area contributed by atoms with E-state index in [1.807, 2.05) is 13.8 Å². The van der Waals surface area contributed by atoms with Gasteiger partial charge in [-0.2, -0.15) is 5.26 Å². The van der Waals surface area contributed by atoms with Gasteiger partial charge in [0.25, 0.3) is 0 Å². The minimum absolute atomic E-state index is 0.0987. The first-order valence-electron chi connectivity index (χ1n) is 6.39. The molecule has 0 aromatic carbocycles. The van der Waals surface area contributed by atoms with Gasteiger partial charge in [-0.25, -0.2) is 0 Å². The topological polar surface area (TPSA) is 36.3 Å². The number of ether oxygens (including phenoxy) is 1. The maximum absolute atomic E-state index is 9.04. The summed E-state index contributed by atoms with van der Waals surface area (Å²) in [6.07, 6.45) is 0.912. The molecule has 3 nitrogen and oxygen atoms in total. The first-order chi connectivity index (χ1) is 7.55. The molecule has 3 heteroatoms. The van der Waals surface area contributed by atoms with Crippen molar-refractivity contribution in [1.29, 1.82) is 5.26 Å². The van der Waals surface area contributed by atoms with E-state index >= 15 is 0 Å². The molecule has 1 fully saturated rings. The second-order valence-corrected chi connectivity index (χ2v) is 7.08. The van der Waals surface area contributed by atoms with E-state index in [-0.39, 0.29) is 16.6 Å². The largest absolute Gasteiger partial charge is 0.367 e. The van der Waals surface area contributed by atoms with Crippen molar-refractivity contribution in [3.8, 4) is 6.07 Å². The van der Waals surface area contributed by atoms with Crippen molar-refractivity contribution in [2.45, 2.75) is 59.2 Å². The summed E-state index contributed by atoms with van der Waals surface area (Å²) in [5, 5.41) is 9.04. The molecule has 0 saturated carbocycles. The van der Waals surface area contributed by atoms with E-state index < -0.39 is 0 Å². The third-order valence-electron chi connectivity index (χ3n) is 3.12. The molecule has 0 aliphatic carbocycles. The summed E-state index contributed by atoms with van der Waals surface area (Å²) in [4.78, 5) is 2.42. The molecular formula is C14H26N2O. The van der Waals surface area contributed by atoms with E-state index in [4.69, 9.17) is 10.00 Å². The molecule has 0 aromatic heterocycles. The Morgan fingerprint density at radius 1 is 1.18 bits per heavy atom. The summed E-state index contributed by atoms with van der Waals surface area (Å²) in [5.74, 6) is 0. The maximum Gasteiger partial charge on any atom is 0.0760 e. The summed E-state index contributed by atoms with van der Waals surface area (Å²) in [7, 11) is 0. The quantitative estimate of drug-likeness (QED) is 0.758. The van der Waals surface area contributed by atoms with Crippen LogP contribution in [0.5, 0.6) is 0 Å². The molecular weight excluding hydrogens is 212 g/mol. The van der Waals surface area contributed by atoms with E-state index in [0.29, 0.717) is 0 Å². The Bertz CT molecular complexity index is 297. The Kier molecular flexibility index (Phi) is 3.91. The summed E-state index contributed by atoms with van der Waals surface area (Å²) in [5.41, 5.74) is -0.427. The molecule has 0 atom stereocenters. The molecule has 0 N–H and O–H groups in total. The fraction of sp³-hybridized carbons (Fsp3) is 0.929. The number of nitriles is 1. The summed E-state index contributed by atoms with van der Waals surface area (Å²) in [6, 6.07) is 2.36. The van der Waals surface area contributed by atoms with Crippen molar-refractivity contribution in [2.24, 2.45) is 5.41 Å². The molecule has 1 aliphatic heterocycles. The van der Waals surface area contributed by atoms with Gasteiger partial charge < -0.3 is 4.74 Å². The zero-order valence-electron chi connectivity index (χ0n) is 12.1. The molecule has 1 aliphatic rings. The minimum atomic E-state index is -0.230. The highest BCUT2D eigenvalue weighted by atomic mass is 16.5. The van der Waals surface area contributed by atoms with Crippen LogP contribution in [0.25, 0.3) is 0 Å². The van der Waals surface area contributed by atoms with E-state index in [1.165, 1.54) is 0 Å². The number of hydrogen-bond donors (Lipinski definition) is 0. The lowest BCUT2D eigenvalue weighted by atomic mass is 9.90. The van der Waals surface area contributed by atoms with Crippen LogP contribution < -0.4 is 0 Å². The van der Waals surface area contributed by atoms with Gasteiger partial charge >= 0.3 is 0 Å². The second-order valence-electron chi connectivity index (χ2n) is 7.08. The van der Waals surface area contributed by atoms with Gasteiger partial charge in [-0.15, -0.1) is 0 Å². The van der Waals surface area contributed by atoms with Gasteiger partial charge in [0.1, 0.15) is 0 Å². The minimum Gasteiger partial charge on any atom is -0.367 e. The smallest absolute Gasteiger partial charge is 0.0760 e. The Morgan fingerprint density at radius 3 is 2.06 bits per heavy atom. The van der Waals surface area contributed by atoms with E-state index in [1.54, 1.807) is 0 Å². The standard InChI is InChI=1S/C14H26N2O/c1-12(2,9-15)7-8-16-10-13(3,4)17-14(5,6)11-16/h7-8,10-11H2,1-6H3. The van der Waals surface area contributed by atoms with Crippen molar-refractivity contribution in [3.05, 3.63) is 0 Å². The maximum atomic E-state index is 9.04. The van der Waals surface area contributed by atoms with Crippen LogP contribution in [-0.4, -0.2) is 35.7 Å². The Balaban J connectivity index is 2.58. The van der Waals surface area contributed by atoms with Crippen LogP contribution in [0, 0.1) is 16.7 Å². The molecule has 0 aromatic rings. The first kappa shape index (κ1) is 14.5. The number of nitrogens with zero attached hydrogens (tertiary/aromatic N) is 2. The number of morpholine rings is 1. The monoisotopic (exact) mass is 238 g/mol. The first-order valence-corrected chi connectivity index (χ1v) is 6.39. The number of hydrogen-bond acceptors (Lipinski definition) is 3. The van der Waals surface area contributed by atoms with Gasteiger partial charge in [0.15, 0.2) is 0 Å². The van der Waals surface area contributed by atoms with Gasteiger partial charge in [0.2, 0.25) is 0 Å². The highest BCUT2D eigenvalue weighted by Gasteiger charge is 2.38. The van der Waals surface area contributed by atoms with E-state index in [0.717, 1.165) is 26.1 Å². The van der Waals surface area contributed by atoms with Crippen LogP contribution in [0.1, 0.15) is 48.0 Å². The summed E-state index contributed by atoms with van der Waals surface area (Å²) in [6.45, 7) is 15.4. The molecule has 98 valence electrons. The van der Waals surface area contributed by atoms with Crippen LogP contribution in [0.15, 0.2) is 0 Å². The van der Waals surface area contributed by atoms with Gasteiger partial charge in [0.05, 0.1) is 22.7 Å². The van der Waals surface area contributed by atoms with Crippen LogP contribution in [-0.2, 0) is 4.74 Å². The third kappa shape index (κ3) is 4.65. The lowest BCUT2D eigenvalue weighted by molar-refractivity contribution is -0.180. The van der Waals surface area contributed by atoms with E-state index in [9.17, 15) is 0 Å². The van der Waals surface area contributed by atoms with E-state index in [2.05, 4.69) is 38.7 Å². The molecule has 1 heterocycles. The predicted molar refractivity (Wildman–Crippen MR) is 69.7 cm³/mol. The van der Waals surface area contributed by atoms with Crippen LogP contribution in [0.3, 0.4) is 0 Å². The fourth-order valence-electron chi connectivity index (χ4n) is 2.60. The van der Waals surface area contributed by atoms with Gasteiger partial charge in [-0.3, -0.25) is 4.90 Å². The van der Waals surface area contributed by atoms with Crippen molar-refractivity contribution in [3.63, 3.8) is 0 Å². The molecule has 1 saturated heterocycles. The van der Waals surface area contributed by atoms with Gasteiger partial charge in [0, 0.05) is 13.1 Å². The van der Waals surface area contributed by atoms with Crippen molar-refractivity contribution >= 4 is 0 Å². The molecule has 1 rings (SSSR count). The summed E-state index contributed by atoms with van der Waals surface area (Å²) < 4.78 is 6.04. The Labute approximate surface area is 106 Å². The van der Waals surface area contributed by atoms with Crippen LogP contribution >= 0.6 is 0 Å². The molecule has 0 radical (unpaired) electrons. The lowest BCUT2D eigenvalue weighted by Crippen LogP contribution is -2.57. The lowest BCUT2D eigenvalue weighted by Gasteiger charge is -2.47. The van der Waals surface area contributed by atoms with Crippen LogP contribution in [0.2, 0.25) is 0 Å². The summed E-state index contributed by atoms with van der Waals surface area (Å²) >= 11 is 0. The van der Waals surface area contributed by atoms with Crippen molar-refractivity contribution < 1.29 is 4.74 Å². The molecule has 17 heavy (non-hydrogen) atoms. The highest BCUT2D eigenvalue weighted by molar-refractivity contribution is 4.94. The van der Waals surface area contributed by atoms with Gasteiger partial charge in [-0.1, -0.05) is 0 Å². The molecule has 0 bridgehead atoms. The molecule has 0 spiro atoms. The van der Waals surface area contributed by atoms with Gasteiger partial charge in [-0.05, 0) is 54.5 Å². The molecule has 0 amide bonds. The Morgan fingerprint density at radius 2 is 1.65 bits per heavy atom. The average molecular weight is 238 g/mol. The fourth-order valence-corrected chi connectivity index (χ4v) is 2.60. The molecule has 0 unspecified atom stereocenters. The average Bonchev–Trinajstić information content (AvgIpc) is 2.10. The van der Waals surface area contributed by atoms with Crippen LogP contribution in [0.4, 0.5) is 0 Å². The number of rotatable bonds is 3. The normalized spacial score (nSPS) is 24.3. The Hall–Kier alpha value is -0.590. The van der Waals surface area contributed by atoms with Crippen molar-refractivity contribution in [1.82, 2.24) is 4.90 Å². The second kappa shape index (κ2) is 4.59. The SMILES string of the molecule is CC(C)(C#N)CCN1CC(C)(C)OC(C)(C)C1.